The smallest absolute Gasteiger partial charge is 0.227 e. The molecule has 0 spiro atoms. The van der Waals surface area contributed by atoms with Crippen LogP contribution in [0.15, 0.2) is 12.4 Å². The second kappa shape index (κ2) is 7.01. The summed E-state index contributed by atoms with van der Waals surface area (Å²) in [6.07, 6.45) is 6.20. The first kappa shape index (κ1) is 16.5. The van der Waals surface area contributed by atoms with E-state index in [1.54, 1.807) is 0 Å². The average Bonchev–Trinajstić information content (AvgIpc) is 3.15. The number of aryl methyl sites for hydroxylation is 1. The van der Waals surface area contributed by atoms with E-state index in [1.165, 1.54) is 5.56 Å². The van der Waals surface area contributed by atoms with Crippen molar-refractivity contribution in [2.75, 3.05) is 46.8 Å². The van der Waals surface area contributed by atoms with Gasteiger partial charge in [-0.15, -0.1) is 0 Å². The largest absolute Gasteiger partial charge is 0.342 e. The Kier molecular flexibility index (Phi) is 5.02. The molecule has 2 aliphatic heterocycles. The number of carbonyl (C=O) groups is 1. The maximum atomic E-state index is 13.0. The minimum Gasteiger partial charge on any atom is -0.342 e. The number of hydrogen-bond acceptors (Lipinski definition) is 4. The third-order valence-corrected chi connectivity index (χ3v) is 5.23. The highest BCUT2D eigenvalue weighted by Gasteiger charge is 2.37. The zero-order valence-corrected chi connectivity index (χ0v) is 14.5. The van der Waals surface area contributed by atoms with Crippen molar-refractivity contribution < 1.29 is 4.79 Å². The molecule has 3 heterocycles. The van der Waals surface area contributed by atoms with Crippen molar-refractivity contribution in [3.8, 4) is 0 Å². The predicted molar refractivity (Wildman–Crippen MR) is 90.2 cm³/mol. The van der Waals surface area contributed by atoms with Gasteiger partial charge in [-0.2, -0.15) is 5.10 Å². The monoisotopic (exact) mass is 319 g/mol. The zero-order chi connectivity index (χ0) is 16.4. The Labute approximate surface area is 138 Å². The molecule has 6 heteroatoms. The maximum Gasteiger partial charge on any atom is 0.227 e. The first-order chi connectivity index (χ1) is 11.0. The van der Waals surface area contributed by atoms with Crippen LogP contribution in [0.4, 0.5) is 0 Å². The van der Waals surface area contributed by atoms with Crippen LogP contribution < -0.4 is 5.32 Å². The Hall–Kier alpha value is -1.40. The second-order valence-corrected chi connectivity index (χ2v) is 7.35. The summed E-state index contributed by atoms with van der Waals surface area (Å²) in [5.41, 5.74) is 1.18. The van der Waals surface area contributed by atoms with Gasteiger partial charge in [0.2, 0.25) is 5.91 Å². The van der Waals surface area contributed by atoms with Crippen molar-refractivity contribution in [2.24, 2.45) is 18.9 Å². The molecule has 23 heavy (non-hydrogen) atoms. The van der Waals surface area contributed by atoms with Gasteiger partial charge in [0.15, 0.2) is 0 Å². The standard InChI is InChI=1S/C17H29N5O/c1-20(2)11-13-4-6-22(7-5-13)17(23)16-10-18-9-15(16)14-8-19-21(3)12-14/h8,12-13,15-16,18H,4-7,9-11H2,1-3H3/t15-,16+/m1/s1. The van der Waals surface area contributed by atoms with Crippen LogP contribution in [-0.2, 0) is 11.8 Å². The van der Waals surface area contributed by atoms with Gasteiger partial charge in [0.05, 0.1) is 12.1 Å². The fourth-order valence-electron chi connectivity index (χ4n) is 4.01. The predicted octanol–water partition coefficient (Wildman–Crippen LogP) is 0.523. The molecular weight excluding hydrogens is 290 g/mol. The Morgan fingerprint density at radius 1 is 1.35 bits per heavy atom. The highest BCUT2D eigenvalue weighted by molar-refractivity contribution is 5.80. The van der Waals surface area contributed by atoms with Gasteiger partial charge in [-0.05, 0) is 38.4 Å². The van der Waals surface area contributed by atoms with Crippen LogP contribution in [0, 0.1) is 11.8 Å². The first-order valence-corrected chi connectivity index (χ1v) is 8.67. The summed E-state index contributed by atoms with van der Waals surface area (Å²) in [5, 5.41) is 7.66. The fraction of sp³-hybridized carbons (Fsp3) is 0.765. The number of nitrogens with one attached hydrogen (secondary N) is 1. The lowest BCUT2D eigenvalue weighted by atomic mass is 9.88. The molecule has 2 fully saturated rings. The Bertz CT molecular complexity index is 533. The van der Waals surface area contributed by atoms with Crippen LogP contribution in [0.1, 0.15) is 24.3 Å². The molecule has 1 aromatic heterocycles. The van der Waals surface area contributed by atoms with Gasteiger partial charge in [0.25, 0.3) is 0 Å². The lowest BCUT2D eigenvalue weighted by molar-refractivity contribution is -0.136. The molecule has 0 aliphatic carbocycles. The Morgan fingerprint density at radius 3 is 2.70 bits per heavy atom. The molecule has 0 aromatic carbocycles. The normalized spacial score (nSPS) is 26.2. The summed E-state index contributed by atoms with van der Waals surface area (Å²) in [7, 11) is 6.18. The quantitative estimate of drug-likeness (QED) is 0.879. The summed E-state index contributed by atoms with van der Waals surface area (Å²) in [6, 6.07) is 0. The van der Waals surface area contributed by atoms with E-state index in [0.717, 1.165) is 51.5 Å². The average molecular weight is 319 g/mol. The van der Waals surface area contributed by atoms with Crippen molar-refractivity contribution in [1.29, 1.82) is 0 Å². The number of amides is 1. The topological polar surface area (TPSA) is 53.4 Å². The summed E-state index contributed by atoms with van der Waals surface area (Å²) in [6.45, 7) is 4.61. The fourth-order valence-corrected chi connectivity index (χ4v) is 4.01. The highest BCUT2D eigenvalue weighted by Crippen LogP contribution is 2.30. The number of likely N-dealkylation sites (tertiary alicyclic amines) is 1. The summed E-state index contributed by atoms with van der Waals surface area (Å²) in [4.78, 5) is 17.3. The van der Waals surface area contributed by atoms with Gasteiger partial charge in [-0.25, -0.2) is 0 Å². The molecule has 2 aliphatic rings. The van der Waals surface area contributed by atoms with E-state index in [1.807, 2.05) is 24.1 Å². The molecule has 0 saturated carbocycles. The number of rotatable bonds is 4. The van der Waals surface area contributed by atoms with Crippen LogP contribution in [-0.4, -0.2) is 72.3 Å². The van der Waals surface area contributed by atoms with Gasteiger partial charge < -0.3 is 15.1 Å². The molecule has 3 rings (SSSR count). The molecule has 2 saturated heterocycles. The van der Waals surface area contributed by atoms with Crippen molar-refractivity contribution >= 4 is 5.91 Å². The third kappa shape index (κ3) is 3.75. The van der Waals surface area contributed by atoms with Crippen LogP contribution in [0.3, 0.4) is 0 Å². The van der Waals surface area contributed by atoms with E-state index in [-0.39, 0.29) is 11.8 Å². The number of hydrogen-bond donors (Lipinski definition) is 1. The number of piperidine rings is 1. The molecule has 1 aromatic rings. The van der Waals surface area contributed by atoms with E-state index < -0.39 is 0 Å². The molecule has 128 valence electrons. The molecule has 0 unspecified atom stereocenters. The Morgan fingerprint density at radius 2 is 2.09 bits per heavy atom. The Balaban J connectivity index is 1.59. The molecule has 1 N–H and O–H groups in total. The van der Waals surface area contributed by atoms with Crippen molar-refractivity contribution in [2.45, 2.75) is 18.8 Å². The van der Waals surface area contributed by atoms with Gasteiger partial charge >= 0.3 is 0 Å². The van der Waals surface area contributed by atoms with E-state index in [9.17, 15) is 4.79 Å². The first-order valence-electron chi connectivity index (χ1n) is 8.67. The van der Waals surface area contributed by atoms with Gasteiger partial charge in [0, 0.05) is 51.9 Å². The highest BCUT2D eigenvalue weighted by atomic mass is 16.2. The summed E-state index contributed by atoms with van der Waals surface area (Å²) >= 11 is 0. The number of aromatic nitrogens is 2. The van der Waals surface area contributed by atoms with Crippen LogP contribution in [0.2, 0.25) is 0 Å². The molecule has 0 radical (unpaired) electrons. The SMILES string of the molecule is CN(C)CC1CCN(C(=O)[C@H]2CNC[C@@H]2c2cnn(C)c2)CC1. The van der Waals surface area contributed by atoms with E-state index in [4.69, 9.17) is 0 Å². The lowest BCUT2D eigenvalue weighted by Crippen LogP contribution is -2.44. The minimum atomic E-state index is 0.0598. The van der Waals surface area contributed by atoms with Crippen molar-refractivity contribution in [3.63, 3.8) is 0 Å². The molecule has 2 atom stereocenters. The third-order valence-electron chi connectivity index (χ3n) is 5.23. The number of carbonyl (C=O) groups excluding carboxylic acids is 1. The van der Waals surface area contributed by atoms with Gasteiger partial charge in [-0.1, -0.05) is 0 Å². The van der Waals surface area contributed by atoms with Crippen molar-refractivity contribution in [1.82, 2.24) is 24.9 Å². The second-order valence-electron chi connectivity index (χ2n) is 7.35. The molecule has 0 bridgehead atoms. The van der Waals surface area contributed by atoms with Gasteiger partial charge in [-0.3, -0.25) is 9.48 Å². The van der Waals surface area contributed by atoms with Crippen LogP contribution >= 0.6 is 0 Å². The van der Waals surface area contributed by atoms with E-state index in [0.29, 0.717) is 5.91 Å². The molecular formula is C17H29N5O. The maximum absolute atomic E-state index is 13.0. The van der Waals surface area contributed by atoms with Crippen LogP contribution in [0.25, 0.3) is 0 Å². The molecule has 6 nitrogen and oxygen atoms in total. The molecule has 1 amide bonds. The zero-order valence-electron chi connectivity index (χ0n) is 14.5. The van der Waals surface area contributed by atoms with E-state index >= 15 is 0 Å². The minimum absolute atomic E-state index is 0.0598. The summed E-state index contributed by atoms with van der Waals surface area (Å²) < 4.78 is 1.82. The number of nitrogens with zero attached hydrogens (tertiary/aromatic N) is 4. The van der Waals surface area contributed by atoms with E-state index in [2.05, 4.69) is 34.3 Å². The summed E-state index contributed by atoms with van der Waals surface area (Å²) in [5.74, 6) is 1.37. The van der Waals surface area contributed by atoms with Crippen molar-refractivity contribution in [3.05, 3.63) is 18.0 Å². The van der Waals surface area contributed by atoms with Crippen LogP contribution in [0.5, 0.6) is 0 Å². The lowest BCUT2D eigenvalue weighted by Gasteiger charge is -2.35. The van der Waals surface area contributed by atoms with Gasteiger partial charge in [0.1, 0.15) is 0 Å².